The molecule has 2 aliphatic rings. The van der Waals surface area contributed by atoms with Gasteiger partial charge in [0.25, 0.3) is 5.91 Å². The molecular weight excluding hydrogens is 503 g/mol. The van der Waals surface area contributed by atoms with Gasteiger partial charge in [0, 0.05) is 57.0 Å². The number of amides is 1. The molecule has 2 aliphatic heterocycles. The van der Waals surface area contributed by atoms with E-state index in [-0.39, 0.29) is 18.1 Å². The van der Waals surface area contributed by atoms with Crippen LogP contribution >= 0.6 is 0 Å². The van der Waals surface area contributed by atoms with Crippen LogP contribution in [0.2, 0.25) is 0 Å². The Morgan fingerprint density at radius 1 is 1.23 bits per heavy atom. The fourth-order valence-corrected chi connectivity index (χ4v) is 4.97. The van der Waals surface area contributed by atoms with Crippen LogP contribution in [0.3, 0.4) is 0 Å². The third-order valence-electron chi connectivity index (χ3n) is 7.32. The Kier molecular flexibility index (Phi) is 7.73. The average Bonchev–Trinajstić information content (AvgIpc) is 3.55. The second-order valence-electron chi connectivity index (χ2n) is 10.3. The molecule has 0 saturated carbocycles. The molecule has 3 aromatic heterocycles. The number of anilines is 2. The number of nitrogens with zero attached hydrogens (tertiary/aromatic N) is 6. The molecule has 12 nitrogen and oxygen atoms in total. The highest BCUT2D eigenvalue weighted by atomic mass is 19.1. The molecule has 0 aliphatic carbocycles. The molecule has 3 atom stereocenters. The van der Waals surface area contributed by atoms with Crippen LogP contribution in [0.25, 0.3) is 5.82 Å². The highest BCUT2D eigenvalue weighted by Crippen LogP contribution is 2.30. The quantitative estimate of drug-likeness (QED) is 0.337. The lowest BCUT2D eigenvalue weighted by Gasteiger charge is -2.40. The van der Waals surface area contributed by atoms with Gasteiger partial charge in [-0.2, -0.15) is 10.1 Å². The minimum atomic E-state index is -0.953. The number of methoxy groups -OCH3 is 1. The minimum Gasteiger partial charge on any atom is -0.368 e. The number of halogens is 1. The van der Waals surface area contributed by atoms with Crippen LogP contribution in [0.5, 0.6) is 0 Å². The first-order valence-electron chi connectivity index (χ1n) is 13.2. The first-order valence-corrected chi connectivity index (χ1v) is 13.2. The van der Waals surface area contributed by atoms with E-state index in [2.05, 4.69) is 48.4 Å². The summed E-state index contributed by atoms with van der Waals surface area (Å²) in [6.45, 7) is 7.12. The molecule has 208 valence electrons. The molecule has 5 heterocycles. The van der Waals surface area contributed by atoms with Gasteiger partial charge in [0.15, 0.2) is 11.6 Å². The first-order chi connectivity index (χ1) is 18.7. The Morgan fingerprint density at radius 3 is 2.64 bits per heavy atom. The smallest absolute Gasteiger partial charge is 0.252 e. The summed E-state index contributed by atoms with van der Waals surface area (Å²) >= 11 is 0. The molecule has 1 amide bonds. The number of piperidine rings is 1. The van der Waals surface area contributed by atoms with Gasteiger partial charge in [0.1, 0.15) is 11.4 Å². The lowest BCUT2D eigenvalue weighted by molar-refractivity contribution is -0.146. The topological polar surface area (TPSA) is 134 Å². The number of carbonyl (C=O) groups is 1. The van der Waals surface area contributed by atoms with Crippen molar-refractivity contribution in [1.29, 1.82) is 0 Å². The largest absolute Gasteiger partial charge is 0.368 e. The van der Waals surface area contributed by atoms with Crippen molar-refractivity contribution in [3.05, 3.63) is 53.9 Å². The van der Waals surface area contributed by atoms with Crippen molar-refractivity contribution in [3.63, 3.8) is 0 Å². The van der Waals surface area contributed by atoms with Crippen molar-refractivity contribution < 1.29 is 13.9 Å². The molecule has 0 bridgehead atoms. The van der Waals surface area contributed by atoms with E-state index >= 15 is 0 Å². The number of nitrogens with one attached hydrogen (secondary N) is 4. The van der Waals surface area contributed by atoms with Gasteiger partial charge >= 0.3 is 0 Å². The van der Waals surface area contributed by atoms with Crippen LogP contribution in [0.1, 0.15) is 50.4 Å². The van der Waals surface area contributed by atoms with E-state index in [1.54, 1.807) is 19.4 Å². The van der Waals surface area contributed by atoms with E-state index in [9.17, 15) is 9.18 Å². The monoisotopic (exact) mass is 538 g/mol. The fourth-order valence-electron chi connectivity index (χ4n) is 4.97. The molecule has 13 heteroatoms. The number of pyridine rings is 1. The van der Waals surface area contributed by atoms with Crippen LogP contribution in [-0.2, 0) is 9.53 Å². The van der Waals surface area contributed by atoms with E-state index in [1.807, 2.05) is 26.0 Å². The van der Waals surface area contributed by atoms with Crippen molar-refractivity contribution in [2.24, 2.45) is 0 Å². The molecule has 2 fully saturated rings. The maximum absolute atomic E-state index is 13.4. The Bertz CT molecular complexity index is 1290. The lowest BCUT2D eigenvalue weighted by atomic mass is 9.89. The van der Waals surface area contributed by atoms with E-state index in [0.29, 0.717) is 43.7 Å². The number of carbonyl (C=O) groups excluding carboxylic acids is 1. The molecule has 2 unspecified atom stereocenters. The summed E-state index contributed by atoms with van der Waals surface area (Å²) in [6, 6.07) is 5.59. The van der Waals surface area contributed by atoms with Gasteiger partial charge < -0.3 is 20.3 Å². The van der Waals surface area contributed by atoms with Crippen LogP contribution < -0.4 is 26.4 Å². The molecule has 4 N–H and O–H groups in total. The summed E-state index contributed by atoms with van der Waals surface area (Å²) in [7, 11) is 1.58. The van der Waals surface area contributed by atoms with Gasteiger partial charge in [-0.15, -0.1) is 0 Å². The molecule has 3 aromatic rings. The van der Waals surface area contributed by atoms with Gasteiger partial charge in [-0.3, -0.25) is 10.2 Å². The van der Waals surface area contributed by atoms with E-state index in [0.717, 1.165) is 29.7 Å². The molecule has 39 heavy (non-hydrogen) atoms. The normalized spacial score (nSPS) is 21.5. The van der Waals surface area contributed by atoms with E-state index < -0.39 is 11.4 Å². The van der Waals surface area contributed by atoms with Crippen LogP contribution in [0.15, 0.2) is 36.8 Å². The molecule has 0 aromatic carbocycles. The van der Waals surface area contributed by atoms with Crippen LogP contribution in [-0.4, -0.2) is 68.6 Å². The summed E-state index contributed by atoms with van der Waals surface area (Å²) in [5, 5.41) is 10.4. The number of rotatable bonds is 8. The molecule has 0 spiro atoms. The number of hydrogen-bond acceptors (Lipinski definition) is 10. The predicted octanol–water partition coefficient (Wildman–Crippen LogP) is 1.99. The third-order valence-corrected chi connectivity index (χ3v) is 7.32. The zero-order valence-corrected chi connectivity index (χ0v) is 22.6. The van der Waals surface area contributed by atoms with Crippen LogP contribution in [0.4, 0.5) is 16.2 Å². The zero-order valence-electron chi connectivity index (χ0n) is 22.6. The maximum atomic E-state index is 13.4. The van der Waals surface area contributed by atoms with E-state index in [4.69, 9.17) is 9.72 Å². The van der Waals surface area contributed by atoms with Crippen molar-refractivity contribution in [2.45, 2.75) is 63.9 Å². The van der Waals surface area contributed by atoms with Crippen molar-refractivity contribution in [2.75, 3.05) is 30.4 Å². The van der Waals surface area contributed by atoms with Crippen molar-refractivity contribution in [3.8, 4) is 5.82 Å². The van der Waals surface area contributed by atoms with Crippen molar-refractivity contribution in [1.82, 2.24) is 40.9 Å². The predicted molar refractivity (Wildman–Crippen MR) is 144 cm³/mol. The molecule has 2 saturated heterocycles. The van der Waals surface area contributed by atoms with Crippen LogP contribution in [0, 0.1) is 12.7 Å². The SMILES string of the molecule is COC1(C(=O)N[C@@H](C)c2ccc(-n3cc(F)cn3)nc2)CCN(c2nc(C)cc(NC3CC(C)NN3)n2)CC1. The highest BCUT2D eigenvalue weighted by molar-refractivity contribution is 5.86. The molecule has 5 rings (SSSR count). The second kappa shape index (κ2) is 11.2. The molecule has 0 radical (unpaired) electrons. The lowest BCUT2D eigenvalue weighted by Crippen LogP contribution is -2.55. The summed E-state index contributed by atoms with van der Waals surface area (Å²) in [5.41, 5.74) is 7.16. The molecular formula is C26H35FN10O2. The van der Waals surface area contributed by atoms with Gasteiger partial charge in [-0.1, -0.05) is 6.07 Å². The Morgan fingerprint density at radius 2 is 2.03 bits per heavy atom. The summed E-state index contributed by atoms with van der Waals surface area (Å²) in [4.78, 5) is 29.2. The fraction of sp³-hybridized carbons (Fsp3) is 0.500. The summed E-state index contributed by atoms with van der Waals surface area (Å²) in [5.74, 6) is 1.29. The average molecular weight is 539 g/mol. The van der Waals surface area contributed by atoms with E-state index in [1.165, 1.54) is 10.9 Å². The van der Waals surface area contributed by atoms with Gasteiger partial charge in [0.05, 0.1) is 24.6 Å². The highest BCUT2D eigenvalue weighted by Gasteiger charge is 2.42. The Balaban J connectivity index is 1.20. The zero-order chi connectivity index (χ0) is 27.6. The van der Waals surface area contributed by atoms with Gasteiger partial charge in [0.2, 0.25) is 5.95 Å². The number of aryl methyl sites for hydroxylation is 1. The summed E-state index contributed by atoms with van der Waals surface area (Å²) in [6.07, 6.45) is 6.06. The van der Waals surface area contributed by atoms with Gasteiger partial charge in [-0.05, 0) is 38.8 Å². The number of aromatic nitrogens is 5. The maximum Gasteiger partial charge on any atom is 0.252 e. The Labute approximate surface area is 226 Å². The minimum absolute atomic E-state index is 0.0929. The third kappa shape index (κ3) is 6.00. The Hall–Kier alpha value is -3.68. The summed E-state index contributed by atoms with van der Waals surface area (Å²) < 4.78 is 20.4. The number of hydrogen-bond donors (Lipinski definition) is 4. The first kappa shape index (κ1) is 26.9. The standard InChI is InChI=1S/C26H35FN10O2/c1-16-11-21(32-22-12-17(2)34-35-22)33-25(30-16)36-9-7-26(39-4,8-10-36)24(38)31-18(3)19-5-6-23(28-13-19)37-15-20(27)14-29-37/h5-6,11,13-15,17-18,22,34-35H,7-10,12H2,1-4H3,(H,31,38)(H,30,32,33)/t17?,18-,22?/m0/s1. The van der Waals surface area contributed by atoms with Gasteiger partial charge in [-0.25, -0.2) is 24.5 Å². The number of ether oxygens (including phenoxy) is 1. The second-order valence-corrected chi connectivity index (χ2v) is 10.3. The number of hydrazine groups is 1. The van der Waals surface area contributed by atoms with Crippen molar-refractivity contribution >= 4 is 17.7 Å².